The van der Waals surface area contributed by atoms with Crippen LogP contribution in [0.5, 0.6) is 0 Å². The van der Waals surface area contributed by atoms with Crippen LogP contribution < -0.4 is 0 Å². The second-order valence-electron chi connectivity index (χ2n) is 16.1. The fraction of sp³-hybridized carbons (Fsp3) is 0. The highest BCUT2D eigenvalue weighted by atomic mass is 15.0. The van der Waals surface area contributed by atoms with E-state index in [4.69, 9.17) is 0 Å². The molecule has 0 radical (unpaired) electrons. The normalized spacial score (nSPS) is 12.0. The predicted molar refractivity (Wildman–Crippen MR) is 256 cm³/mol. The van der Waals surface area contributed by atoms with Crippen molar-refractivity contribution in [2.24, 2.45) is 0 Å². The van der Waals surface area contributed by atoms with Crippen LogP contribution in [0, 0.1) is 0 Å². The van der Waals surface area contributed by atoms with Gasteiger partial charge in [-0.25, -0.2) is 0 Å². The van der Waals surface area contributed by atoms with Crippen LogP contribution in [-0.2, 0) is 0 Å². The monoisotopic (exact) mass is 760 g/mol. The van der Waals surface area contributed by atoms with Gasteiger partial charge in [0.25, 0.3) is 0 Å². The number of aromatic nitrogens is 2. The van der Waals surface area contributed by atoms with Gasteiger partial charge >= 0.3 is 0 Å². The van der Waals surface area contributed by atoms with E-state index in [9.17, 15) is 0 Å². The molecule has 0 spiro atoms. The van der Waals surface area contributed by atoms with Gasteiger partial charge in [0.15, 0.2) is 0 Å². The lowest BCUT2D eigenvalue weighted by Crippen LogP contribution is -1.94. The maximum absolute atomic E-state index is 2.46. The average Bonchev–Trinajstić information content (AvgIpc) is 3.83. The van der Waals surface area contributed by atoms with Crippen LogP contribution in [-0.4, -0.2) is 9.13 Å². The Labute approximate surface area is 346 Å². The van der Waals surface area contributed by atoms with Gasteiger partial charge in [-0.1, -0.05) is 152 Å². The summed E-state index contributed by atoms with van der Waals surface area (Å²) < 4.78 is 4.84. The third-order valence-electron chi connectivity index (χ3n) is 12.9. The molecule has 0 aliphatic heterocycles. The van der Waals surface area contributed by atoms with Gasteiger partial charge in [0.1, 0.15) is 0 Å². The SMILES string of the molecule is c1ccc(-n2c3ccccc3c3cc(-c4ccc5c6cc(-c7ccc8c9ccccc9c9ccccc9c8c7)ccc6n(-c6ccc7ccccc7c6)c5c4)ccc32)cc1. The van der Waals surface area contributed by atoms with Crippen LogP contribution in [0.4, 0.5) is 0 Å². The first kappa shape index (κ1) is 33.1. The van der Waals surface area contributed by atoms with E-state index in [0.717, 1.165) is 5.69 Å². The summed E-state index contributed by atoms with van der Waals surface area (Å²) in [6.45, 7) is 0. The lowest BCUT2D eigenvalue weighted by molar-refractivity contribution is 1.18. The van der Waals surface area contributed by atoms with E-state index >= 15 is 0 Å². The van der Waals surface area contributed by atoms with Gasteiger partial charge in [0, 0.05) is 32.9 Å². The standard InChI is InChI=1S/C58H36N2/c1-2-14-43(15-3-1)59-55-21-11-10-20-50(55)53-35-41(26-30-56(53)59)42-24-29-51-54-34-40(25-31-57(54)60(58(51)36-42)44-27-22-37-12-4-5-13-38(37)32-44)39-23-28-49-47-18-7-6-16-45(47)46-17-8-9-19-48(46)52(49)33-39/h1-36H. The maximum atomic E-state index is 2.46. The first-order valence-electron chi connectivity index (χ1n) is 20.8. The number of benzene rings is 11. The Morgan fingerprint density at radius 3 is 1.30 bits per heavy atom. The summed E-state index contributed by atoms with van der Waals surface area (Å²) in [7, 11) is 0. The molecule has 11 aromatic carbocycles. The number of fused-ring (bicyclic) bond motifs is 13. The van der Waals surface area contributed by atoms with E-state index in [1.165, 1.54) is 115 Å². The Bertz CT molecular complexity index is 3850. The first-order valence-corrected chi connectivity index (χ1v) is 20.8. The molecule has 13 rings (SSSR count). The smallest absolute Gasteiger partial charge is 0.0547 e. The molecule has 0 fully saturated rings. The van der Waals surface area contributed by atoms with Crippen molar-refractivity contribution < 1.29 is 0 Å². The van der Waals surface area contributed by atoms with Crippen molar-refractivity contribution in [3.63, 3.8) is 0 Å². The minimum atomic E-state index is 1.16. The van der Waals surface area contributed by atoms with Crippen molar-refractivity contribution in [1.82, 2.24) is 9.13 Å². The fourth-order valence-corrected chi connectivity index (χ4v) is 10.1. The van der Waals surface area contributed by atoms with Gasteiger partial charge in [-0.3, -0.25) is 0 Å². The van der Waals surface area contributed by atoms with Gasteiger partial charge in [0.2, 0.25) is 0 Å². The highest BCUT2D eigenvalue weighted by Gasteiger charge is 2.18. The Morgan fingerprint density at radius 1 is 0.200 bits per heavy atom. The summed E-state index contributed by atoms with van der Waals surface area (Å²) in [5.41, 5.74) is 12.0. The van der Waals surface area contributed by atoms with Gasteiger partial charge in [-0.15, -0.1) is 0 Å². The molecule has 2 heteroatoms. The second kappa shape index (κ2) is 12.8. The number of para-hydroxylation sites is 2. The van der Waals surface area contributed by atoms with Crippen LogP contribution in [0.25, 0.3) is 120 Å². The minimum Gasteiger partial charge on any atom is -0.309 e. The number of nitrogens with zero attached hydrogens (tertiary/aromatic N) is 2. The van der Waals surface area contributed by atoms with E-state index in [2.05, 4.69) is 228 Å². The highest BCUT2D eigenvalue weighted by Crippen LogP contribution is 2.41. The summed E-state index contributed by atoms with van der Waals surface area (Å²) in [6, 6.07) is 80.6. The predicted octanol–water partition coefficient (Wildman–Crippen LogP) is 15.8. The highest BCUT2D eigenvalue weighted by molar-refractivity contribution is 6.26. The lowest BCUT2D eigenvalue weighted by atomic mass is 9.92. The van der Waals surface area contributed by atoms with E-state index in [1.54, 1.807) is 0 Å². The van der Waals surface area contributed by atoms with Gasteiger partial charge in [0.05, 0.1) is 22.1 Å². The van der Waals surface area contributed by atoms with Crippen molar-refractivity contribution in [3.05, 3.63) is 218 Å². The number of hydrogen-bond donors (Lipinski definition) is 0. The second-order valence-corrected chi connectivity index (χ2v) is 16.1. The fourth-order valence-electron chi connectivity index (χ4n) is 10.1. The molecule has 0 N–H and O–H groups in total. The minimum absolute atomic E-state index is 1.16. The molecule has 0 aliphatic carbocycles. The molecule has 13 aromatic rings. The number of hydrogen-bond acceptors (Lipinski definition) is 0. The molecular formula is C58H36N2. The lowest BCUT2D eigenvalue weighted by Gasteiger charge is -2.12. The van der Waals surface area contributed by atoms with Gasteiger partial charge in [-0.05, 0) is 132 Å². The Hall–Kier alpha value is -7.94. The molecule has 0 amide bonds. The van der Waals surface area contributed by atoms with Crippen LogP contribution in [0.3, 0.4) is 0 Å². The molecule has 2 aromatic heterocycles. The van der Waals surface area contributed by atoms with Crippen LogP contribution in [0.1, 0.15) is 0 Å². The van der Waals surface area contributed by atoms with Crippen molar-refractivity contribution in [3.8, 4) is 33.6 Å². The molecule has 0 atom stereocenters. The summed E-state index contributed by atoms with van der Waals surface area (Å²) in [5, 5.41) is 15.2. The Kier molecular flexibility index (Phi) is 7.05. The molecule has 0 saturated heterocycles. The molecule has 278 valence electrons. The molecule has 2 nitrogen and oxygen atoms in total. The topological polar surface area (TPSA) is 9.86 Å². The average molecular weight is 761 g/mol. The zero-order valence-electron chi connectivity index (χ0n) is 32.7. The van der Waals surface area contributed by atoms with Gasteiger partial charge in [-0.2, -0.15) is 0 Å². The van der Waals surface area contributed by atoms with Crippen molar-refractivity contribution in [2.45, 2.75) is 0 Å². The molecule has 2 heterocycles. The number of rotatable bonds is 4. The Morgan fingerprint density at radius 2 is 0.633 bits per heavy atom. The zero-order chi connectivity index (χ0) is 39.3. The maximum Gasteiger partial charge on any atom is 0.0547 e. The van der Waals surface area contributed by atoms with E-state index < -0.39 is 0 Å². The summed E-state index contributed by atoms with van der Waals surface area (Å²) in [4.78, 5) is 0. The van der Waals surface area contributed by atoms with Crippen LogP contribution >= 0.6 is 0 Å². The first-order chi connectivity index (χ1) is 29.7. The molecule has 0 saturated carbocycles. The summed E-state index contributed by atoms with van der Waals surface area (Å²) >= 11 is 0. The third kappa shape index (κ3) is 4.88. The van der Waals surface area contributed by atoms with E-state index in [0.29, 0.717) is 0 Å². The quantitative estimate of drug-likeness (QED) is 0.158. The van der Waals surface area contributed by atoms with Crippen LogP contribution in [0.15, 0.2) is 218 Å². The van der Waals surface area contributed by atoms with Crippen LogP contribution in [0.2, 0.25) is 0 Å². The Balaban J connectivity index is 1.02. The third-order valence-corrected chi connectivity index (χ3v) is 12.9. The van der Waals surface area contributed by atoms with E-state index in [-0.39, 0.29) is 0 Å². The summed E-state index contributed by atoms with van der Waals surface area (Å²) in [5.74, 6) is 0. The summed E-state index contributed by atoms with van der Waals surface area (Å²) in [6.07, 6.45) is 0. The molecule has 60 heavy (non-hydrogen) atoms. The molecular weight excluding hydrogens is 725 g/mol. The van der Waals surface area contributed by atoms with Gasteiger partial charge < -0.3 is 9.13 Å². The van der Waals surface area contributed by atoms with E-state index in [1.807, 2.05) is 0 Å². The molecule has 0 unspecified atom stereocenters. The largest absolute Gasteiger partial charge is 0.309 e. The molecule has 0 bridgehead atoms. The molecule has 0 aliphatic rings. The van der Waals surface area contributed by atoms with Crippen molar-refractivity contribution in [2.75, 3.05) is 0 Å². The van der Waals surface area contributed by atoms with Crippen molar-refractivity contribution >= 4 is 86.7 Å². The van der Waals surface area contributed by atoms with Crippen molar-refractivity contribution in [1.29, 1.82) is 0 Å². The zero-order valence-corrected chi connectivity index (χ0v) is 32.7.